The summed E-state index contributed by atoms with van der Waals surface area (Å²) in [5.41, 5.74) is -0.544. The lowest BCUT2D eigenvalue weighted by atomic mass is 9.76. The second-order valence-corrected chi connectivity index (χ2v) is 7.39. The Balaban J connectivity index is 1.90. The molecule has 0 spiro atoms. The summed E-state index contributed by atoms with van der Waals surface area (Å²) in [6, 6.07) is 5.08. The van der Waals surface area contributed by atoms with Crippen LogP contribution in [0.1, 0.15) is 49.7 Å². The molecular weight excluding hydrogens is 366 g/mol. The quantitative estimate of drug-likeness (QED) is 0.492. The fourth-order valence-corrected chi connectivity index (χ4v) is 3.85. The molecule has 0 atom stereocenters. The SMILES string of the molecule is Cc1ccc(-c2ccc(C3CCC(C(C)(F)F)CC3)c(F)c2F)c(F)c1F. The normalized spacial score (nSPS) is 20.7. The van der Waals surface area contributed by atoms with Crippen LogP contribution in [0.3, 0.4) is 0 Å². The van der Waals surface area contributed by atoms with Gasteiger partial charge in [0.2, 0.25) is 5.92 Å². The van der Waals surface area contributed by atoms with Crippen molar-refractivity contribution in [2.45, 2.75) is 51.4 Å². The first-order valence-corrected chi connectivity index (χ1v) is 8.92. The molecule has 6 heteroatoms. The summed E-state index contributed by atoms with van der Waals surface area (Å²) in [6.45, 7) is 2.25. The maximum Gasteiger partial charge on any atom is 0.248 e. The van der Waals surface area contributed by atoms with Crippen LogP contribution in [0.2, 0.25) is 0 Å². The zero-order chi connectivity index (χ0) is 19.9. The molecule has 0 nitrogen and oxygen atoms in total. The molecule has 0 amide bonds. The highest BCUT2D eigenvalue weighted by atomic mass is 19.3. The summed E-state index contributed by atoms with van der Waals surface area (Å²) in [4.78, 5) is 0. The fourth-order valence-electron chi connectivity index (χ4n) is 3.85. The number of aryl methyl sites for hydroxylation is 1. The van der Waals surface area contributed by atoms with Crippen molar-refractivity contribution < 1.29 is 26.3 Å². The molecule has 1 aliphatic carbocycles. The van der Waals surface area contributed by atoms with Gasteiger partial charge >= 0.3 is 0 Å². The number of alkyl halides is 2. The van der Waals surface area contributed by atoms with Crippen LogP contribution in [0, 0.1) is 36.1 Å². The minimum atomic E-state index is -2.79. The average molecular weight is 386 g/mol. The van der Waals surface area contributed by atoms with Gasteiger partial charge < -0.3 is 0 Å². The highest BCUT2D eigenvalue weighted by molar-refractivity contribution is 5.66. The van der Waals surface area contributed by atoms with E-state index in [1.165, 1.54) is 31.2 Å². The van der Waals surface area contributed by atoms with Crippen LogP contribution in [0.25, 0.3) is 11.1 Å². The largest absolute Gasteiger partial charge is 0.248 e. The van der Waals surface area contributed by atoms with E-state index in [-0.39, 0.29) is 41.0 Å². The summed E-state index contributed by atoms with van der Waals surface area (Å²) in [7, 11) is 0. The van der Waals surface area contributed by atoms with E-state index in [9.17, 15) is 26.3 Å². The Morgan fingerprint density at radius 3 is 1.81 bits per heavy atom. The molecule has 2 aromatic carbocycles. The van der Waals surface area contributed by atoms with E-state index in [4.69, 9.17) is 0 Å². The van der Waals surface area contributed by atoms with E-state index in [1.54, 1.807) is 0 Å². The van der Waals surface area contributed by atoms with Crippen molar-refractivity contribution in [1.29, 1.82) is 0 Å². The molecule has 2 aromatic rings. The zero-order valence-electron chi connectivity index (χ0n) is 15.1. The summed E-state index contributed by atoms with van der Waals surface area (Å²) in [5.74, 6) is -8.62. The molecule has 146 valence electrons. The van der Waals surface area contributed by atoms with E-state index in [2.05, 4.69) is 0 Å². The van der Waals surface area contributed by atoms with Crippen molar-refractivity contribution in [3.05, 3.63) is 58.7 Å². The van der Waals surface area contributed by atoms with Gasteiger partial charge in [0, 0.05) is 17.0 Å². The standard InChI is InChI=1S/C21H20F6/c1-11-3-8-15(19(24)17(11)22)16-10-9-14(18(23)20(16)25)12-4-6-13(7-5-12)21(2,26)27/h3,8-10,12-13H,4-7H2,1-2H3. The van der Waals surface area contributed by atoms with E-state index in [1.807, 2.05) is 0 Å². The molecule has 1 saturated carbocycles. The number of halogens is 6. The van der Waals surface area contributed by atoms with Gasteiger partial charge in [0.25, 0.3) is 0 Å². The van der Waals surface area contributed by atoms with Crippen LogP contribution in [0.4, 0.5) is 26.3 Å². The van der Waals surface area contributed by atoms with Gasteiger partial charge in [-0.15, -0.1) is 0 Å². The molecule has 0 heterocycles. The van der Waals surface area contributed by atoms with Crippen molar-refractivity contribution in [3.8, 4) is 11.1 Å². The van der Waals surface area contributed by atoms with Gasteiger partial charge in [-0.05, 0) is 56.6 Å². The Kier molecular flexibility index (Phi) is 5.28. The lowest BCUT2D eigenvalue weighted by Crippen LogP contribution is -2.28. The molecule has 0 radical (unpaired) electrons. The van der Waals surface area contributed by atoms with E-state index < -0.39 is 35.1 Å². The van der Waals surface area contributed by atoms with Crippen molar-refractivity contribution in [1.82, 2.24) is 0 Å². The van der Waals surface area contributed by atoms with Crippen LogP contribution in [-0.2, 0) is 0 Å². The Morgan fingerprint density at radius 1 is 0.741 bits per heavy atom. The van der Waals surface area contributed by atoms with Crippen LogP contribution in [-0.4, -0.2) is 5.92 Å². The minimum absolute atomic E-state index is 0.0678. The van der Waals surface area contributed by atoms with Crippen molar-refractivity contribution in [2.24, 2.45) is 5.92 Å². The Morgan fingerprint density at radius 2 is 1.26 bits per heavy atom. The van der Waals surface area contributed by atoms with E-state index in [0.717, 1.165) is 6.92 Å². The number of rotatable bonds is 3. The molecule has 1 aliphatic rings. The third-order valence-electron chi connectivity index (χ3n) is 5.56. The topological polar surface area (TPSA) is 0 Å². The second-order valence-electron chi connectivity index (χ2n) is 7.39. The minimum Gasteiger partial charge on any atom is -0.207 e. The summed E-state index contributed by atoms with van der Waals surface area (Å²) in [5, 5.41) is 0. The smallest absolute Gasteiger partial charge is 0.207 e. The third-order valence-corrected chi connectivity index (χ3v) is 5.56. The van der Waals surface area contributed by atoms with Crippen molar-refractivity contribution in [3.63, 3.8) is 0 Å². The first-order chi connectivity index (χ1) is 12.6. The molecule has 0 aliphatic heterocycles. The molecule has 0 aromatic heterocycles. The molecular formula is C21H20F6. The van der Waals surface area contributed by atoms with Crippen molar-refractivity contribution >= 4 is 0 Å². The molecule has 27 heavy (non-hydrogen) atoms. The van der Waals surface area contributed by atoms with Crippen LogP contribution < -0.4 is 0 Å². The van der Waals surface area contributed by atoms with Gasteiger partial charge in [0.1, 0.15) is 0 Å². The van der Waals surface area contributed by atoms with Crippen LogP contribution in [0.5, 0.6) is 0 Å². The molecule has 0 bridgehead atoms. The van der Waals surface area contributed by atoms with Gasteiger partial charge in [-0.25, -0.2) is 26.3 Å². The Bertz CT molecular complexity index is 845. The van der Waals surface area contributed by atoms with Gasteiger partial charge in [0.15, 0.2) is 23.3 Å². The van der Waals surface area contributed by atoms with Crippen LogP contribution in [0.15, 0.2) is 24.3 Å². The first kappa shape index (κ1) is 19.8. The summed E-state index contributed by atoms with van der Waals surface area (Å²) < 4.78 is 84.0. The highest BCUT2D eigenvalue weighted by Crippen LogP contribution is 2.43. The lowest BCUT2D eigenvalue weighted by Gasteiger charge is -2.32. The van der Waals surface area contributed by atoms with Crippen molar-refractivity contribution in [2.75, 3.05) is 0 Å². The Labute approximate surface area is 154 Å². The average Bonchev–Trinajstić information content (AvgIpc) is 2.62. The monoisotopic (exact) mass is 386 g/mol. The molecule has 0 N–H and O–H groups in total. The molecule has 1 fully saturated rings. The molecule has 3 rings (SSSR count). The number of benzene rings is 2. The fraction of sp³-hybridized carbons (Fsp3) is 0.429. The zero-order valence-corrected chi connectivity index (χ0v) is 15.1. The predicted molar refractivity (Wildman–Crippen MR) is 91.8 cm³/mol. The second kappa shape index (κ2) is 7.21. The predicted octanol–water partition coefficient (Wildman–Crippen LogP) is 7.15. The maximum absolute atomic E-state index is 14.6. The summed E-state index contributed by atoms with van der Waals surface area (Å²) in [6.07, 6.45) is 1.12. The maximum atomic E-state index is 14.6. The molecule has 0 unspecified atom stereocenters. The van der Waals surface area contributed by atoms with E-state index >= 15 is 0 Å². The van der Waals surface area contributed by atoms with Gasteiger partial charge in [-0.3, -0.25) is 0 Å². The lowest BCUT2D eigenvalue weighted by molar-refractivity contribution is -0.0547. The first-order valence-electron chi connectivity index (χ1n) is 8.92. The van der Waals surface area contributed by atoms with Gasteiger partial charge in [-0.2, -0.15) is 0 Å². The Hall–Kier alpha value is -1.98. The number of hydrogen-bond donors (Lipinski definition) is 0. The molecule has 0 saturated heterocycles. The summed E-state index contributed by atoms with van der Waals surface area (Å²) >= 11 is 0. The van der Waals surface area contributed by atoms with Gasteiger partial charge in [0.05, 0.1) is 0 Å². The van der Waals surface area contributed by atoms with Crippen LogP contribution >= 0.6 is 0 Å². The number of hydrogen-bond acceptors (Lipinski definition) is 0. The highest BCUT2D eigenvalue weighted by Gasteiger charge is 2.38. The van der Waals surface area contributed by atoms with Gasteiger partial charge in [-0.1, -0.05) is 24.3 Å². The third kappa shape index (κ3) is 3.71. The van der Waals surface area contributed by atoms with E-state index in [0.29, 0.717) is 12.8 Å².